The Morgan fingerprint density at radius 3 is 0.909 bits per heavy atom. The van der Waals surface area contributed by atoms with Crippen molar-refractivity contribution in [2.24, 2.45) is 35.5 Å². The van der Waals surface area contributed by atoms with E-state index in [0.717, 1.165) is 60.8 Å². The molecule has 44 heavy (non-hydrogen) atoms. The van der Waals surface area contributed by atoms with Crippen molar-refractivity contribution in [1.82, 2.24) is 0 Å². The van der Waals surface area contributed by atoms with Crippen LogP contribution in [-0.2, 0) is 0 Å². The smallest absolute Gasteiger partial charge is 0.0868 e. The van der Waals surface area contributed by atoms with E-state index in [1.54, 1.807) is 0 Å². The Bertz CT molecular complexity index is 1100. The minimum Gasteiger partial charge on any atom is -0.385 e. The van der Waals surface area contributed by atoms with Crippen LogP contribution >= 0.6 is 0 Å². The van der Waals surface area contributed by atoms with Crippen molar-refractivity contribution >= 4 is 0 Å². The van der Waals surface area contributed by atoms with Crippen LogP contribution < -0.4 is 0 Å². The van der Waals surface area contributed by atoms with Crippen molar-refractivity contribution in [3.63, 3.8) is 0 Å². The Morgan fingerprint density at radius 1 is 0.455 bits per heavy atom. The highest BCUT2D eigenvalue weighted by Crippen LogP contribution is 2.47. The Hall–Kier alpha value is -2.24. The summed E-state index contributed by atoms with van der Waals surface area (Å²) >= 11 is 0. The van der Waals surface area contributed by atoms with Gasteiger partial charge in [-0.2, -0.15) is 0 Å². The van der Waals surface area contributed by atoms with E-state index in [4.69, 9.17) is 0 Å². The SMILES string of the molecule is CC1=CC(C(CCCCCCC(C2C=C(C)C=CC2(C)O)C2C=C(C)C=CC2(C)O)C2C=C(C)C=CC2(C)O)C(C)(O)C=C1. The summed E-state index contributed by atoms with van der Waals surface area (Å²) < 4.78 is 0. The van der Waals surface area contributed by atoms with Crippen LogP contribution in [0.5, 0.6) is 0 Å². The molecule has 0 aliphatic heterocycles. The van der Waals surface area contributed by atoms with Crippen LogP contribution in [0.2, 0.25) is 0 Å². The molecule has 0 saturated heterocycles. The van der Waals surface area contributed by atoms with Crippen molar-refractivity contribution in [2.45, 2.75) is 116 Å². The minimum absolute atomic E-state index is 0.0852. The molecule has 4 nitrogen and oxygen atoms in total. The van der Waals surface area contributed by atoms with Gasteiger partial charge in [0, 0.05) is 23.7 Å². The van der Waals surface area contributed by atoms with Gasteiger partial charge < -0.3 is 20.4 Å². The molecule has 4 rings (SSSR count). The molecule has 8 atom stereocenters. The van der Waals surface area contributed by atoms with Crippen LogP contribution in [0.3, 0.4) is 0 Å². The summed E-state index contributed by atoms with van der Waals surface area (Å²) in [6.45, 7) is 15.9. The molecule has 242 valence electrons. The van der Waals surface area contributed by atoms with Gasteiger partial charge in [-0.1, -0.05) is 121 Å². The predicted octanol–water partition coefficient (Wildman–Crippen LogP) is 8.09. The fourth-order valence-corrected chi connectivity index (χ4v) is 8.18. The maximum Gasteiger partial charge on any atom is 0.0868 e. The van der Waals surface area contributed by atoms with E-state index in [1.165, 1.54) is 0 Å². The number of aliphatic hydroxyl groups is 4. The molecule has 8 unspecified atom stereocenters. The summed E-state index contributed by atoms with van der Waals surface area (Å²) in [6, 6.07) is 0. The molecule has 0 amide bonds. The highest BCUT2D eigenvalue weighted by atomic mass is 16.3. The summed E-state index contributed by atoms with van der Waals surface area (Å²) in [4.78, 5) is 0. The lowest BCUT2D eigenvalue weighted by molar-refractivity contribution is -0.0238. The zero-order valence-corrected chi connectivity index (χ0v) is 28.4. The van der Waals surface area contributed by atoms with Gasteiger partial charge >= 0.3 is 0 Å². The Labute approximate surface area is 267 Å². The third-order valence-corrected chi connectivity index (χ3v) is 10.9. The molecule has 0 bridgehead atoms. The second-order valence-corrected chi connectivity index (χ2v) is 15.3. The first kappa shape index (κ1) is 34.6. The lowest BCUT2D eigenvalue weighted by Crippen LogP contribution is -2.47. The molecular weight excluding hydrogens is 544 g/mol. The standard InChI is InChI=1S/C40H58O4/c1-27-15-19-37(5,41)33(23-27)31(34-24-28(2)16-20-38(34,6)42)13-11-9-10-12-14-32(35-25-29(3)17-21-39(35,7)43)36-26-30(4)18-22-40(36,8)44/h15-26,31-36,41-44H,9-14H2,1-8H3. The van der Waals surface area contributed by atoms with Gasteiger partial charge in [-0.05, 0) is 80.1 Å². The molecule has 0 aromatic rings. The average Bonchev–Trinajstić information content (AvgIpc) is 2.93. The Balaban J connectivity index is 1.46. The van der Waals surface area contributed by atoms with Crippen LogP contribution in [0.15, 0.2) is 95.2 Å². The van der Waals surface area contributed by atoms with E-state index < -0.39 is 22.4 Å². The van der Waals surface area contributed by atoms with Crippen molar-refractivity contribution < 1.29 is 20.4 Å². The van der Waals surface area contributed by atoms with E-state index in [9.17, 15) is 20.4 Å². The van der Waals surface area contributed by atoms with Crippen molar-refractivity contribution in [3.8, 4) is 0 Å². The lowest BCUT2D eigenvalue weighted by atomic mass is 9.63. The van der Waals surface area contributed by atoms with E-state index in [-0.39, 0.29) is 35.5 Å². The summed E-state index contributed by atoms with van der Waals surface area (Å²) in [7, 11) is 0. The Morgan fingerprint density at radius 2 is 0.682 bits per heavy atom. The molecule has 0 aromatic carbocycles. The highest BCUT2D eigenvalue weighted by Gasteiger charge is 2.46. The van der Waals surface area contributed by atoms with Crippen LogP contribution in [0, 0.1) is 35.5 Å². The molecular formula is C40H58O4. The quantitative estimate of drug-likeness (QED) is 0.180. The van der Waals surface area contributed by atoms with E-state index in [1.807, 2.05) is 76.3 Å². The highest BCUT2D eigenvalue weighted by molar-refractivity contribution is 5.34. The lowest BCUT2D eigenvalue weighted by Gasteiger charge is -2.45. The molecule has 4 N–H and O–H groups in total. The normalized spacial score (nSPS) is 39.8. The largest absolute Gasteiger partial charge is 0.385 e. The van der Waals surface area contributed by atoms with E-state index >= 15 is 0 Å². The summed E-state index contributed by atoms with van der Waals surface area (Å²) in [6.07, 6.45) is 30.4. The summed E-state index contributed by atoms with van der Waals surface area (Å²) in [5, 5.41) is 45.8. The van der Waals surface area contributed by atoms with Gasteiger partial charge in [-0.15, -0.1) is 0 Å². The van der Waals surface area contributed by atoms with Gasteiger partial charge in [0.1, 0.15) is 0 Å². The maximum atomic E-state index is 11.4. The van der Waals surface area contributed by atoms with Crippen LogP contribution in [0.25, 0.3) is 0 Å². The van der Waals surface area contributed by atoms with E-state index in [0.29, 0.717) is 0 Å². The molecule has 0 aromatic heterocycles. The van der Waals surface area contributed by atoms with E-state index in [2.05, 4.69) is 52.0 Å². The second-order valence-electron chi connectivity index (χ2n) is 15.3. The molecule has 4 aliphatic rings. The summed E-state index contributed by atoms with van der Waals surface area (Å²) in [5.41, 5.74) is 0.739. The third kappa shape index (κ3) is 7.94. The number of allylic oxidation sites excluding steroid dienone is 8. The van der Waals surface area contributed by atoms with Crippen LogP contribution in [-0.4, -0.2) is 42.8 Å². The van der Waals surface area contributed by atoms with Gasteiger partial charge in [0.05, 0.1) is 22.4 Å². The zero-order valence-electron chi connectivity index (χ0n) is 28.4. The van der Waals surface area contributed by atoms with Crippen LogP contribution in [0.4, 0.5) is 0 Å². The molecule has 0 radical (unpaired) electrons. The maximum absolute atomic E-state index is 11.4. The fraction of sp³-hybridized carbons (Fsp3) is 0.600. The topological polar surface area (TPSA) is 80.9 Å². The molecule has 0 spiro atoms. The van der Waals surface area contributed by atoms with Crippen molar-refractivity contribution in [1.29, 1.82) is 0 Å². The van der Waals surface area contributed by atoms with Gasteiger partial charge in [-0.3, -0.25) is 0 Å². The average molecular weight is 603 g/mol. The second kappa shape index (κ2) is 13.2. The van der Waals surface area contributed by atoms with Gasteiger partial charge in [0.2, 0.25) is 0 Å². The summed E-state index contributed by atoms with van der Waals surface area (Å²) in [5.74, 6) is -0.174. The monoisotopic (exact) mass is 602 g/mol. The molecule has 0 heterocycles. The third-order valence-electron chi connectivity index (χ3n) is 10.9. The van der Waals surface area contributed by atoms with Crippen LogP contribution in [0.1, 0.15) is 93.9 Å². The molecule has 4 heteroatoms. The first-order valence-electron chi connectivity index (χ1n) is 16.8. The minimum atomic E-state index is -0.968. The first-order chi connectivity index (χ1) is 20.4. The number of rotatable bonds is 11. The van der Waals surface area contributed by atoms with Crippen molar-refractivity contribution in [2.75, 3.05) is 0 Å². The van der Waals surface area contributed by atoms with Gasteiger partial charge in [-0.25, -0.2) is 0 Å². The van der Waals surface area contributed by atoms with Gasteiger partial charge in [0.25, 0.3) is 0 Å². The molecule has 0 fully saturated rings. The van der Waals surface area contributed by atoms with Crippen molar-refractivity contribution in [3.05, 3.63) is 95.2 Å². The predicted molar refractivity (Wildman–Crippen MR) is 183 cm³/mol. The first-order valence-corrected chi connectivity index (χ1v) is 16.8. The number of unbranched alkanes of at least 4 members (excludes halogenated alkanes) is 3. The molecule has 4 aliphatic carbocycles. The number of hydrogen-bond donors (Lipinski definition) is 4. The Kier molecular flexibility index (Phi) is 10.4. The zero-order chi connectivity index (χ0) is 32.5. The fourth-order valence-electron chi connectivity index (χ4n) is 8.18. The number of hydrogen-bond acceptors (Lipinski definition) is 4. The van der Waals surface area contributed by atoms with Gasteiger partial charge in [0.15, 0.2) is 0 Å². The molecule has 0 saturated carbocycles.